The summed E-state index contributed by atoms with van der Waals surface area (Å²) in [6.07, 6.45) is -0.563. The molecule has 0 aliphatic rings. The highest BCUT2D eigenvalue weighted by atomic mass is 16.5. The van der Waals surface area contributed by atoms with Crippen molar-refractivity contribution in [2.45, 2.75) is 25.6 Å². The minimum atomic E-state index is -0.986. The number of benzene rings is 2. The fourth-order valence-corrected chi connectivity index (χ4v) is 2.25. The van der Waals surface area contributed by atoms with Crippen molar-refractivity contribution >= 4 is 5.97 Å². The predicted octanol–water partition coefficient (Wildman–Crippen LogP) is 2.40. The lowest BCUT2D eigenvalue weighted by molar-refractivity contribution is -0.144. The summed E-state index contributed by atoms with van der Waals surface area (Å²) in [5.41, 5.74) is 2.02. The van der Waals surface area contributed by atoms with E-state index in [0.29, 0.717) is 12.3 Å². The average Bonchev–Trinajstić information content (AvgIpc) is 2.60. The average molecular weight is 329 g/mol. The Morgan fingerprint density at radius 2 is 1.79 bits per heavy atom. The summed E-state index contributed by atoms with van der Waals surface area (Å²) < 4.78 is 5.29. The van der Waals surface area contributed by atoms with Gasteiger partial charge in [-0.15, -0.1) is 0 Å². The molecule has 0 bridgehead atoms. The van der Waals surface area contributed by atoms with Crippen LogP contribution in [0.3, 0.4) is 0 Å². The monoisotopic (exact) mass is 329 g/mol. The molecular formula is C19H23NO4. The van der Waals surface area contributed by atoms with E-state index >= 15 is 0 Å². The molecule has 5 heteroatoms. The number of ether oxygens (including phenoxy) is 1. The van der Waals surface area contributed by atoms with Gasteiger partial charge in [-0.1, -0.05) is 42.5 Å². The highest BCUT2D eigenvalue weighted by Crippen LogP contribution is 2.14. The van der Waals surface area contributed by atoms with Crippen LogP contribution in [0.1, 0.15) is 24.2 Å². The Bertz CT molecular complexity index is 628. The van der Waals surface area contributed by atoms with Crippen molar-refractivity contribution in [3.63, 3.8) is 0 Å². The first kappa shape index (κ1) is 18.0. The van der Waals surface area contributed by atoms with Crippen LogP contribution < -0.4 is 10.1 Å². The van der Waals surface area contributed by atoms with Crippen molar-refractivity contribution in [1.29, 1.82) is 0 Å². The highest BCUT2D eigenvalue weighted by Gasteiger charge is 2.12. The standard InChI is InChI=1S/C19H23NO4/c1-14(19(22)23)24-17-9-7-15(8-10-17)11-12-20-13-18(21)16-5-3-2-4-6-16/h2-10,14,18,20-21H,11-13H2,1H3,(H,22,23)/t14-,18-/m0/s1. The van der Waals surface area contributed by atoms with E-state index in [2.05, 4.69) is 5.32 Å². The summed E-state index contributed by atoms with van der Waals surface area (Å²) in [6, 6.07) is 16.9. The maximum absolute atomic E-state index is 10.7. The molecule has 2 aromatic rings. The van der Waals surface area contributed by atoms with Crippen LogP contribution in [0.25, 0.3) is 0 Å². The third-order valence-corrected chi connectivity index (χ3v) is 3.70. The van der Waals surface area contributed by atoms with Crippen LogP contribution in [0.4, 0.5) is 0 Å². The maximum atomic E-state index is 10.7. The van der Waals surface area contributed by atoms with Gasteiger partial charge in [0, 0.05) is 6.54 Å². The van der Waals surface area contributed by atoms with Crippen molar-refractivity contribution in [2.75, 3.05) is 13.1 Å². The highest BCUT2D eigenvalue weighted by molar-refractivity contribution is 5.72. The van der Waals surface area contributed by atoms with Gasteiger partial charge >= 0.3 is 5.97 Å². The van der Waals surface area contributed by atoms with Crippen LogP contribution >= 0.6 is 0 Å². The van der Waals surface area contributed by atoms with Gasteiger partial charge < -0.3 is 20.3 Å². The van der Waals surface area contributed by atoms with Crippen molar-refractivity contribution in [2.24, 2.45) is 0 Å². The molecule has 0 saturated carbocycles. The molecule has 0 aliphatic carbocycles. The van der Waals surface area contributed by atoms with Gasteiger partial charge in [0.2, 0.25) is 0 Å². The normalized spacial score (nSPS) is 13.2. The van der Waals surface area contributed by atoms with E-state index in [1.807, 2.05) is 42.5 Å². The summed E-state index contributed by atoms with van der Waals surface area (Å²) in [4.78, 5) is 10.7. The summed E-state index contributed by atoms with van der Waals surface area (Å²) in [6.45, 7) is 2.75. The van der Waals surface area contributed by atoms with E-state index in [1.54, 1.807) is 12.1 Å². The van der Waals surface area contributed by atoms with Crippen molar-refractivity contribution < 1.29 is 19.7 Å². The second kappa shape index (κ2) is 9.05. The van der Waals surface area contributed by atoms with Crippen LogP contribution in [0.15, 0.2) is 54.6 Å². The van der Waals surface area contributed by atoms with Gasteiger partial charge in [-0.05, 0) is 43.1 Å². The number of carbonyl (C=O) groups is 1. The zero-order valence-corrected chi connectivity index (χ0v) is 13.7. The lowest BCUT2D eigenvalue weighted by atomic mass is 10.1. The summed E-state index contributed by atoms with van der Waals surface area (Å²) in [5.74, 6) is -0.443. The summed E-state index contributed by atoms with van der Waals surface area (Å²) >= 11 is 0. The van der Waals surface area contributed by atoms with Crippen molar-refractivity contribution in [3.8, 4) is 5.75 Å². The first-order chi connectivity index (χ1) is 11.6. The third-order valence-electron chi connectivity index (χ3n) is 3.70. The van der Waals surface area contributed by atoms with Gasteiger partial charge in [-0.2, -0.15) is 0 Å². The van der Waals surface area contributed by atoms with E-state index in [0.717, 1.165) is 24.1 Å². The molecule has 0 fully saturated rings. The van der Waals surface area contributed by atoms with Crippen molar-refractivity contribution in [3.05, 3.63) is 65.7 Å². The maximum Gasteiger partial charge on any atom is 0.344 e. The quantitative estimate of drug-likeness (QED) is 0.616. The summed E-state index contributed by atoms with van der Waals surface area (Å²) in [5, 5.41) is 22.1. The van der Waals surface area contributed by atoms with E-state index in [9.17, 15) is 9.90 Å². The largest absolute Gasteiger partial charge is 0.479 e. The van der Waals surface area contributed by atoms with Crippen LogP contribution in [0.2, 0.25) is 0 Å². The van der Waals surface area contributed by atoms with Crippen LogP contribution in [0, 0.1) is 0 Å². The number of aliphatic carboxylic acids is 1. The fourth-order valence-electron chi connectivity index (χ4n) is 2.25. The lowest BCUT2D eigenvalue weighted by Crippen LogP contribution is -2.24. The SMILES string of the molecule is C[C@H](Oc1ccc(CCNC[C@H](O)c2ccccc2)cc1)C(=O)O. The first-order valence-electron chi connectivity index (χ1n) is 7.98. The molecule has 2 rings (SSSR count). The molecule has 2 atom stereocenters. The number of aliphatic hydroxyl groups excluding tert-OH is 1. The van der Waals surface area contributed by atoms with Crippen LogP contribution in [-0.2, 0) is 11.2 Å². The smallest absolute Gasteiger partial charge is 0.344 e. The Hall–Kier alpha value is -2.37. The molecule has 0 heterocycles. The Kier molecular flexibility index (Phi) is 6.78. The van der Waals surface area contributed by atoms with Gasteiger partial charge in [0.05, 0.1) is 6.10 Å². The number of rotatable bonds is 9. The number of aliphatic hydroxyl groups is 1. The van der Waals surface area contributed by atoms with Gasteiger partial charge in [-0.25, -0.2) is 4.79 Å². The Balaban J connectivity index is 1.72. The van der Waals surface area contributed by atoms with E-state index in [1.165, 1.54) is 6.92 Å². The molecule has 0 spiro atoms. The van der Waals surface area contributed by atoms with Crippen LogP contribution in [-0.4, -0.2) is 35.4 Å². The fraction of sp³-hybridized carbons (Fsp3) is 0.316. The molecule has 0 saturated heterocycles. The zero-order chi connectivity index (χ0) is 17.4. The van der Waals surface area contributed by atoms with Gasteiger partial charge in [0.15, 0.2) is 6.10 Å². The lowest BCUT2D eigenvalue weighted by Gasteiger charge is -2.13. The Morgan fingerprint density at radius 1 is 1.12 bits per heavy atom. The molecule has 0 unspecified atom stereocenters. The minimum Gasteiger partial charge on any atom is -0.479 e. The third kappa shape index (κ3) is 5.68. The second-order valence-electron chi connectivity index (χ2n) is 5.62. The molecule has 0 radical (unpaired) electrons. The van der Waals surface area contributed by atoms with Crippen molar-refractivity contribution in [1.82, 2.24) is 5.32 Å². The molecule has 24 heavy (non-hydrogen) atoms. The number of hydrogen-bond acceptors (Lipinski definition) is 4. The first-order valence-corrected chi connectivity index (χ1v) is 7.98. The number of hydrogen-bond donors (Lipinski definition) is 3. The molecule has 128 valence electrons. The molecule has 3 N–H and O–H groups in total. The second-order valence-corrected chi connectivity index (χ2v) is 5.62. The minimum absolute atomic E-state index is 0.501. The van der Waals surface area contributed by atoms with Crippen LogP contribution in [0.5, 0.6) is 5.75 Å². The van der Waals surface area contributed by atoms with E-state index in [4.69, 9.17) is 9.84 Å². The number of carboxylic acid groups (broad SMARTS) is 1. The van der Waals surface area contributed by atoms with Gasteiger partial charge in [0.1, 0.15) is 5.75 Å². The Morgan fingerprint density at radius 3 is 2.42 bits per heavy atom. The molecule has 2 aromatic carbocycles. The number of carboxylic acids is 1. The zero-order valence-electron chi connectivity index (χ0n) is 13.7. The molecule has 5 nitrogen and oxygen atoms in total. The topological polar surface area (TPSA) is 78.8 Å². The molecule has 0 aromatic heterocycles. The van der Waals surface area contributed by atoms with Gasteiger partial charge in [0.25, 0.3) is 0 Å². The van der Waals surface area contributed by atoms with E-state index < -0.39 is 18.2 Å². The molecule has 0 aliphatic heterocycles. The number of nitrogens with one attached hydrogen (secondary N) is 1. The van der Waals surface area contributed by atoms with Gasteiger partial charge in [-0.3, -0.25) is 0 Å². The molecular weight excluding hydrogens is 306 g/mol. The molecule has 0 amide bonds. The Labute approximate surface area is 141 Å². The van der Waals surface area contributed by atoms with E-state index in [-0.39, 0.29) is 0 Å². The predicted molar refractivity (Wildman–Crippen MR) is 92.1 cm³/mol. The summed E-state index contributed by atoms with van der Waals surface area (Å²) in [7, 11) is 0.